The van der Waals surface area contributed by atoms with Crippen LogP contribution in [0.25, 0.3) is 5.57 Å². The first-order chi connectivity index (χ1) is 6.11. The molecule has 1 N–H and O–H groups in total. The van der Waals surface area contributed by atoms with Crippen molar-refractivity contribution < 1.29 is 14.3 Å². The maximum atomic E-state index is 12.7. The lowest BCUT2D eigenvalue weighted by Crippen LogP contribution is -2.12. The van der Waals surface area contributed by atoms with Gasteiger partial charge in [-0.2, -0.15) is 0 Å². The van der Waals surface area contributed by atoms with Crippen LogP contribution in [0.3, 0.4) is 0 Å². The summed E-state index contributed by atoms with van der Waals surface area (Å²) in [5.74, 6) is -0.950. The molecule has 3 heteroatoms. The topological polar surface area (TPSA) is 37.3 Å². The summed E-state index contributed by atoms with van der Waals surface area (Å²) in [5.41, 5.74) is 1.11. The Morgan fingerprint density at radius 3 is 2.77 bits per heavy atom. The molecule has 0 heterocycles. The first kappa shape index (κ1) is 8.13. The molecular weight excluding hydrogens is 171 g/mol. The summed E-state index contributed by atoms with van der Waals surface area (Å²) in [6.07, 6.45) is -1.20. The molecule has 0 saturated heterocycles. The number of halogens is 1. The van der Waals surface area contributed by atoms with Gasteiger partial charge in [-0.25, -0.2) is 4.39 Å². The molecule has 66 valence electrons. The summed E-state index contributed by atoms with van der Waals surface area (Å²) < 4.78 is 12.7. The van der Waals surface area contributed by atoms with Gasteiger partial charge in [0.15, 0.2) is 5.78 Å². The zero-order valence-electron chi connectivity index (χ0n) is 6.75. The second-order valence-corrected chi connectivity index (χ2v) is 2.98. The number of Topliss-reactive ketones (excluding diaryl/α,β-unsaturated/α-hetero) is 1. The van der Waals surface area contributed by atoms with Crippen LogP contribution in [0, 0.1) is 5.82 Å². The molecule has 0 fully saturated rings. The molecule has 2 rings (SSSR count). The number of carbonyl (C=O) groups excluding carboxylic acids is 1. The summed E-state index contributed by atoms with van der Waals surface area (Å²) in [7, 11) is 0. The fraction of sp³-hybridized carbons (Fsp3) is 0.100. The normalized spacial score (nSPS) is 20.6. The Balaban J connectivity index is 2.67. The lowest BCUT2D eigenvalue weighted by atomic mass is 10.1. The van der Waals surface area contributed by atoms with E-state index in [0.29, 0.717) is 11.1 Å². The first-order valence-electron chi connectivity index (χ1n) is 3.82. The predicted octanol–water partition coefficient (Wildman–Crippen LogP) is 1.40. The molecule has 1 aliphatic carbocycles. The van der Waals surface area contributed by atoms with Gasteiger partial charge < -0.3 is 5.11 Å². The van der Waals surface area contributed by atoms with Crippen molar-refractivity contribution in [2.45, 2.75) is 6.10 Å². The highest BCUT2D eigenvalue weighted by molar-refractivity contribution is 6.15. The highest BCUT2D eigenvalue weighted by atomic mass is 19.1. The fourth-order valence-corrected chi connectivity index (χ4v) is 1.45. The molecule has 1 aromatic rings. The number of hydrogen-bond acceptors (Lipinski definition) is 2. The largest absolute Gasteiger partial charge is 0.380 e. The zero-order chi connectivity index (χ0) is 9.59. The standard InChI is InChI=1S/C10H7FO2/c1-5-7-3-2-6(11)4-8(7)10(13)9(5)12/h2-4,9,12H,1H2. The Hall–Kier alpha value is -1.48. The molecule has 1 atom stereocenters. The number of aliphatic hydroxyl groups excluding tert-OH is 1. The van der Waals surface area contributed by atoms with E-state index in [0.717, 1.165) is 6.07 Å². The third-order valence-corrected chi connectivity index (χ3v) is 2.17. The van der Waals surface area contributed by atoms with E-state index in [-0.39, 0.29) is 5.56 Å². The zero-order valence-corrected chi connectivity index (χ0v) is 6.75. The van der Waals surface area contributed by atoms with Gasteiger partial charge in [-0.15, -0.1) is 0 Å². The molecule has 0 bridgehead atoms. The quantitative estimate of drug-likeness (QED) is 0.651. The molecule has 0 amide bonds. The second kappa shape index (κ2) is 2.50. The van der Waals surface area contributed by atoms with Crippen LogP contribution in [0.2, 0.25) is 0 Å². The van der Waals surface area contributed by atoms with Crippen LogP contribution in [0.5, 0.6) is 0 Å². The molecule has 0 aliphatic heterocycles. The summed E-state index contributed by atoms with van der Waals surface area (Å²) in [4.78, 5) is 11.3. The molecule has 0 saturated carbocycles. The number of benzene rings is 1. The number of ketones is 1. The van der Waals surface area contributed by atoms with Gasteiger partial charge >= 0.3 is 0 Å². The summed E-state index contributed by atoms with van der Waals surface area (Å²) in [6, 6.07) is 3.83. The van der Waals surface area contributed by atoms with Crippen LogP contribution in [0.4, 0.5) is 4.39 Å². The number of fused-ring (bicyclic) bond motifs is 1. The van der Waals surface area contributed by atoms with Gasteiger partial charge in [-0.3, -0.25) is 4.79 Å². The van der Waals surface area contributed by atoms with E-state index < -0.39 is 17.7 Å². The van der Waals surface area contributed by atoms with Crippen molar-refractivity contribution in [2.24, 2.45) is 0 Å². The molecule has 0 spiro atoms. The lowest BCUT2D eigenvalue weighted by molar-refractivity contribution is 0.0847. The lowest BCUT2D eigenvalue weighted by Gasteiger charge is -1.98. The predicted molar refractivity (Wildman–Crippen MR) is 45.8 cm³/mol. The van der Waals surface area contributed by atoms with Crippen LogP contribution in [0.15, 0.2) is 24.8 Å². The Morgan fingerprint density at radius 2 is 2.08 bits per heavy atom. The molecule has 2 nitrogen and oxygen atoms in total. The van der Waals surface area contributed by atoms with Gasteiger partial charge in [0.25, 0.3) is 0 Å². The fourth-order valence-electron chi connectivity index (χ4n) is 1.45. The summed E-state index contributed by atoms with van der Waals surface area (Å²) in [5, 5.41) is 9.31. The average Bonchev–Trinajstić information content (AvgIpc) is 2.32. The SMILES string of the molecule is C=C1c2ccc(F)cc2C(=O)C1O. The van der Waals surface area contributed by atoms with Gasteiger partial charge in [0, 0.05) is 5.56 Å². The maximum Gasteiger partial charge on any atom is 0.196 e. The molecule has 1 aromatic carbocycles. The number of rotatable bonds is 0. The van der Waals surface area contributed by atoms with E-state index >= 15 is 0 Å². The molecular formula is C10H7FO2. The van der Waals surface area contributed by atoms with E-state index in [4.69, 9.17) is 0 Å². The second-order valence-electron chi connectivity index (χ2n) is 2.98. The maximum absolute atomic E-state index is 12.7. The van der Waals surface area contributed by atoms with Crippen molar-refractivity contribution in [3.8, 4) is 0 Å². The van der Waals surface area contributed by atoms with Crippen LogP contribution in [0.1, 0.15) is 15.9 Å². The molecule has 0 radical (unpaired) electrons. The summed E-state index contributed by atoms with van der Waals surface area (Å²) >= 11 is 0. The molecule has 13 heavy (non-hydrogen) atoms. The number of hydrogen-bond donors (Lipinski definition) is 1. The minimum absolute atomic E-state index is 0.220. The van der Waals surface area contributed by atoms with Gasteiger partial charge in [0.2, 0.25) is 0 Å². The summed E-state index contributed by atoms with van der Waals surface area (Å²) in [6.45, 7) is 3.56. The van der Waals surface area contributed by atoms with Crippen molar-refractivity contribution in [1.82, 2.24) is 0 Å². The smallest absolute Gasteiger partial charge is 0.196 e. The van der Waals surface area contributed by atoms with Crippen molar-refractivity contribution in [3.63, 3.8) is 0 Å². The highest BCUT2D eigenvalue weighted by Gasteiger charge is 2.32. The van der Waals surface area contributed by atoms with Crippen molar-refractivity contribution in [3.05, 3.63) is 41.7 Å². The first-order valence-corrected chi connectivity index (χ1v) is 3.82. The number of aliphatic hydroxyl groups is 1. The van der Waals surface area contributed by atoms with E-state index in [2.05, 4.69) is 6.58 Å². The molecule has 0 aromatic heterocycles. The van der Waals surface area contributed by atoms with Crippen molar-refractivity contribution >= 4 is 11.4 Å². The van der Waals surface area contributed by atoms with Crippen molar-refractivity contribution in [1.29, 1.82) is 0 Å². The Bertz CT molecular complexity index is 409. The Morgan fingerprint density at radius 1 is 1.38 bits per heavy atom. The van der Waals surface area contributed by atoms with Crippen LogP contribution >= 0.6 is 0 Å². The minimum Gasteiger partial charge on any atom is -0.380 e. The minimum atomic E-state index is -1.20. The highest BCUT2D eigenvalue weighted by Crippen LogP contribution is 2.31. The van der Waals surface area contributed by atoms with Crippen LogP contribution in [-0.4, -0.2) is 17.0 Å². The van der Waals surface area contributed by atoms with Gasteiger partial charge in [-0.1, -0.05) is 12.6 Å². The van der Waals surface area contributed by atoms with E-state index in [9.17, 15) is 14.3 Å². The number of carbonyl (C=O) groups is 1. The average molecular weight is 178 g/mol. The Kier molecular flexibility index (Phi) is 1.57. The van der Waals surface area contributed by atoms with Crippen molar-refractivity contribution in [2.75, 3.05) is 0 Å². The van der Waals surface area contributed by atoms with Gasteiger partial charge in [-0.05, 0) is 23.3 Å². The van der Waals surface area contributed by atoms with E-state index in [1.54, 1.807) is 0 Å². The van der Waals surface area contributed by atoms with Crippen LogP contribution < -0.4 is 0 Å². The molecule has 1 unspecified atom stereocenters. The Labute approximate surface area is 74.3 Å². The third kappa shape index (κ3) is 1.01. The molecule has 1 aliphatic rings. The monoisotopic (exact) mass is 178 g/mol. The van der Waals surface area contributed by atoms with Crippen LogP contribution in [-0.2, 0) is 0 Å². The van der Waals surface area contributed by atoms with E-state index in [1.165, 1.54) is 12.1 Å². The van der Waals surface area contributed by atoms with Gasteiger partial charge in [0.05, 0.1) is 0 Å². The van der Waals surface area contributed by atoms with E-state index in [1.807, 2.05) is 0 Å². The third-order valence-electron chi connectivity index (χ3n) is 2.17. The van der Waals surface area contributed by atoms with Gasteiger partial charge in [0.1, 0.15) is 11.9 Å².